The summed E-state index contributed by atoms with van der Waals surface area (Å²) in [5.41, 5.74) is 2.95. The minimum Gasteiger partial charge on any atom is -0.348 e. The van der Waals surface area contributed by atoms with Gasteiger partial charge in [-0.3, -0.25) is 4.79 Å². The Morgan fingerprint density at radius 1 is 0.870 bits per heavy atom. The summed E-state index contributed by atoms with van der Waals surface area (Å²) >= 11 is 0. The first-order valence-electron chi connectivity index (χ1n) is 7.76. The van der Waals surface area contributed by atoms with E-state index in [-0.39, 0.29) is 11.4 Å². The maximum atomic E-state index is 12.0. The number of rotatable bonds is 4. The van der Waals surface area contributed by atoms with Crippen molar-refractivity contribution >= 4 is 17.6 Å². The lowest BCUT2D eigenvalue weighted by atomic mass is 10.0. The molecule has 0 aromatic heterocycles. The van der Waals surface area contributed by atoms with Gasteiger partial charge in [-0.25, -0.2) is 0 Å². The minimum absolute atomic E-state index is 0.0904. The predicted octanol–water partition coefficient (Wildman–Crippen LogP) is 4.70. The van der Waals surface area contributed by atoms with Gasteiger partial charge in [0.05, 0.1) is 0 Å². The Labute approximate surface area is 138 Å². The maximum Gasteiger partial charge on any atom is 0.244 e. The molecule has 2 rings (SSSR count). The van der Waals surface area contributed by atoms with E-state index in [1.807, 2.05) is 87.5 Å². The Morgan fingerprint density at radius 3 is 2.00 bits per heavy atom. The van der Waals surface area contributed by atoms with Crippen LogP contribution in [0.4, 0.5) is 0 Å². The van der Waals surface area contributed by atoms with E-state index in [2.05, 4.69) is 11.4 Å². The van der Waals surface area contributed by atoms with Crippen molar-refractivity contribution in [2.45, 2.75) is 26.3 Å². The van der Waals surface area contributed by atoms with Gasteiger partial charge in [0.15, 0.2) is 0 Å². The van der Waals surface area contributed by atoms with Crippen LogP contribution in [-0.4, -0.2) is 11.4 Å². The zero-order valence-electron chi connectivity index (χ0n) is 13.9. The first kappa shape index (κ1) is 16.8. The largest absolute Gasteiger partial charge is 0.348 e. The molecule has 1 N–H and O–H groups in total. The molecular weight excluding hydrogens is 282 g/mol. The summed E-state index contributed by atoms with van der Waals surface area (Å²) in [7, 11) is 0. The third-order valence-corrected chi connectivity index (χ3v) is 3.14. The summed E-state index contributed by atoms with van der Waals surface area (Å²) in [5.74, 6) is -0.0904. The van der Waals surface area contributed by atoms with Gasteiger partial charge in [-0.1, -0.05) is 60.7 Å². The summed E-state index contributed by atoms with van der Waals surface area (Å²) in [6, 6.07) is 20.2. The highest BCUT2D eigenvalue weighted by Gasteiger charge is 2.11. The van der Waals surface area contributed by atoms with E-state index in [1.54, 1.807) is 6.08 Å². The average Bonchev–Trinajstić information content (AvgIpc) is 2.51. The zero-order chi connectivity index (χ0) is 16.7. The molecule has 0 radical (unpaired) electrons. The maximum absolute atomic E-state index is 12.0. The summed E-state index contributed by atoms with van der Waals surface area (Å²) in [6.07, 6.45) is 5.53. The minimum atomic E-state index is -0.239. The van der Waals surface area contributed by atoms with Gasteiger partial charge in [0.1, 0.15) is 0 Å². The molecule has 0 spiro atoms. The number of carbonyl (C=O) groups is 1. The van der Waals surface area contributed by atoms with E-state index < -0.39 is 0 Å². The molecule has 2 nitrogen and oxygen atoms in total. The smallest absolute Gasteiger partial charge is 0.244 e. The lowest BCUT2D eigenvalue weighted by molar-refractivity contribution is -0.117. The molecule has 0 atom stereocenters. The highest BCUT2D eigenvalue weighted by atomic mass is 16.1. The number of allylic oxidation sites excluding steroid dienone is 2. The topological polar surface area (TPSA) is 29.1 Å². The Kier molecular flexibility index (Phi) is 5.53. The van der Waals surface area contributed by atoms with E-state index >= 15 is 0 Å². The van der Waals surface area contributed by atoms with E-state index in [0.717, 1.165) is 16.7 Å². The van der Waals surface area contributed by atoms with E-state index in [9.17, 15) is 4.79 Å². The van der Waals surface area contributed by atoms with Crippen molar-refractivity contribution in [1.29, 1.82) is 0 Å². The second-order valence-corrected chi connectivity index (χ2v) is 6.45. The SMILES string of the molecule is CC(C)(C)NC(=O)/C=C/C(=C/c1ccccc1)c1ccccc1. The number of carbonyl (C=O) groups excluding carboxylic acids is 1. The Bertz CT molecular complexity index is 692. The van der Waals surface area contributed by atoms with Gasteiger partial charge in [0.25, 0.3) is 0 Å². The van der Waals surface area contributed by atoms with E-state index in [4.69, 9.17) is 0 Å². The molecule has 2 aromatic rings. The second-order valence-electron chi connectivity index (χ2n) is 6.45. The molecular formula is C21H23NO. The van der Waals surface area contributed by atoms with Crippen LogP contribution in [0, 0.1) is 0 Å². The van der Waals surface area contributed by atoms with Gasteiger partial charge in [-0.15, -0.1) is 0 Å². The molecule has 0 fully saturated rings. The van der Waals surface area contributed by atoms with Crippen molar-refractivity contribution in [2.24, 2.45) is 0 Å². The van der Waals surface area contributed by atoms with Crippen LogP contribution in [0.25, 0.3) is 11.6 Å². The van der Waals surface area contributed by atoms with Crippen LogP contribution < -0.4 is 5.32 Å². The van der Waals surface area contributed by atoms with Crippen LogP contribution in [0.1, 0.15) is 31.9 Å². The second kappa shape index (κ2) is 7.59. The van der Waals surface area contributed by atoms with Crippen molar-refractivity contribution in [3.05, 3.63) is 83.9 Å². The molecule has 23 heavy (non-hydrogen) atoms. The van der Waals surface area contributed by atoms with Crippen LogP contribution in [0.5, 0.6) is 0 Å². The zero-order valence-corrected chi connectivity index (χ0v) is 13.9. The molecule has 2 heteroatoms. The monoisotopic (exact) mass is 305 g/mol. The molecule has 0 aliphatic rings. The normalized spacial score (nSPS) is 12.4. The van der Waals surface area contributed by atoms with Gasteiger partial charge in [0.2, 0.25) is 5.91 Å². The molecule has 0 saturated carbocycles. The lowest BCUT2D eigenvalue weighted by Gasteiger charge is -2.19. The van der Waals surface area contributed by atoms with Crippen molar-refractivity contribution in [3.63, 3.8) is 0 Å². The van der Waals surface area contributed by atoms with Gasteiger partial charge >= 0.3 is 0 Å². The van der Waals surface area contributed by atoms with E-state index in [1.165, 1.54) is 0 Å². The highest BCUT2D eigenvalue weighted by Crippen LogP contribution is 2.19. The van der Waals surface area contributed by atoms with Gasteiger partial charge in [0, 0.05) is 11.6 Å². The van der Waals surface area contributed by atoms with Crippen LogP contribution >= 0.6 is 0 Å². The Morgan fingerprint density at radius 2 is 1.43 bits per heavy atom. The summed E-state index contributed by atoms with van der Waals surface area (Å²) in [4.78, 5) is 12.0. The molecule has 0 aliphatic heterocycles. The molecule has 0 aliphatic carbocycles. The van der Waals surface area contributed by atoms with Crippen molar-refractivity contribution in [1.82, 2.24) is 5.32 Å². The molecule has 0 heterocycles. The Balaban J connectivity index is 2.28. The van der Waals surface area contributed by atoms with Gasteiger partial charge in [-0.05, 0) is 49.6 Å². The highest BCUT2D eigenvalue weighted by molar-refractivity contribution is 5.95. The number of amides is 1. The fourth-order valence-electron chi connectivity index (χ4n) is 2.16. The summed E-state index contributed by atoms with van der Waals surface area (Å²) in [6.45, 7) is 5.91. The predicted molar refractivity (Wildman–Crippen MR) is 97.8 cm³/mol. The molecule has 0 bridgehead atoms. The average molecular weight is 305 g/mol. The number of benzene rings is 2. The fourth-order valence-corrected chi connectivity index (χ4v) is 2.16. The van der Waals surface area contributed by atoms with Crippen molar-refractivity contribution in [2.75, 3.05) is 0 Å². The summed E-state index contributed by atoms with van der Waals surface area (Å²) < 4.78 is 0. The van der Waals surface area contributed by atoms with Crippen LogP contribution in [-0.2, 0) is 4.79 Å². The lowest BCUT2D eigenvalue weighted by Crippen LogP contribution is -2.39. The number of nitrogens with one attached hydrogen (secondary N) is 1. The molecule has 118 valence electrons. The van der Waals surface area contributed by atoms with Gasteiger partial charge < -0.3 is 5.32 Å². The third kappa shape index (κ3) is 5.95. The van der Waals surface area contributed by atoms with Crippen LogP contribution in [0.2, 0.25) is 0 Å². The van der Waals surface area contributed by atoms with E-state index in [0.29, 0.717) is 0 Å². The summed E-state index contributed by atoms with van der Waals surface area (Å²) in [5, 5.41) is 2.94. The van der Waals surface area contributed by atoms with Crippen LogP contribution in [0.15, 0.2) is 72.8 Å². The van der Waals surface area contributed by atoms with Crippen molar-refractivity contribution in [3.8, 4) is 0 Å². The first-order chi connectivity index (χ1) is 10.9. The van der Waals surface area contributed by atoms with Crippen molar-refractivity contribution < 1.29 is 4.79 Å². The molecule has 2 aromatic carbocycles. The number of hydrogen-bond acceptors (Lipinski definition) is 1. The molecule has 0 saturated heterocycles. The molecule has 1 amide bonds. The quantitative estimate of drug-likeness (QED) is 0.495. The third-order valence-electron chi connectivity index (χ3n) is 3.14. The molecule has 0 unspecified atom stereocenters. The Hall–Kier alpha value is -2.61. The van der Waals surface area contributed by atoms with Crippen LogP contribution in [0.3, 0.4) is 0 Å². The van der Waals surface area contributed by atoms with Gasteiger partial charge in [-0.2, -0.15) is 0 Å². The fraction of sp³-hybridized carbons (Fsp3) is 0.190. The standard InChI is InChI=1S/C21H23NO/c1-21(2,3)22-20(23)15-14-19(18-12-8-5-9-13-18)16-17-10-6-4-7-11-17/h4-16H,1-3H3,(H,22,23)/b15-14+,19-16-. The first-order valence-corrected chi connectivity index (χ1v) is 7.76. The number of hydrogen-bond donors (Lipinski definition) is 1.